The molecule has 0 heterocycles. The van der Waals surface area contributed by atoms with Gasteiger partial charge in [-0.1, -0.05) is 17.7 Å². The Hall–Kier alpha value is -0.950. The van der Waals surface area contributed by atoms with Crippen molar-refractivity contribution >= 4 is 37.6 Å². The van der Waals surface area contributed by atoms with Gasteiger partial charge in [0, 0.05) is 11.6 Å². The van der Waals surface area contributed by atoms with Crippen LogP contribution in [0.4, 0.5) is 4.39 Å². The summed E-state index contributed by atoms with van der Waals surface area (Å²) in [5.41, 5.74) is 1.92. The third-order valence-corrected chi connectivity index (χ3v) is 5.75. The number of rotatable bonds is 4. The highest BCUT2D eigenvalue weighted by molar-refractivity contribution is 9.10. The Morgan fingerprint density at radius 1 is 1.18 bits per heavy atom. The Bertz CT molecular complexity index is 825. The summed E-state index contributed by atoms with van der Waals surface area (Å²) < 4.78 is 40.8. The van der Waals surface area contributed by atoms with E-state index in [1.807, 2.05) is 0 Å². The van der Waals surface area contributed by atoms with E-state index in [1.165, 1.54) is 18.2 Å². The first kappa shape index (κ1) is 17.4. The van der Waals surface area contributed by atoms with Crippen molar-refractivity contribution in [2.24, 2.45) is 0 Å². The second-order valence-electron chi connectivity index (χ2n) is 4.94. The van der Waals surface area contributed by atoms with E-state index < -0.39 is 15.8 Å². The van der Waals surface area contributed by atoms with Gasteiger partial charge in [-0.15, -0.1) is 0 Å². The number of sulfonamides is 1. The van der Waals surface area contributed by atoms with Crippen LogP contribution in [0.2, 0.25) is 5.02 Å². The van der Waals surface area contributed by atoms with Gasteiger partial charge in [0.15, 0.2) is 0 Å². The summed E-state index contributed by atoms with van der Waals surface area (Å²) in [5, 5.41) is 0.527. The summed E-state index contributed by atoms with van der Waals surface area (Å²) in [7, 11) is -3.67. The largest absolute Gasteiger partial charge is 0.241 e. The van der Waals surface area contributed by atoms with Crippen molar-refractivity contribution in [1.29, 1.82) is 0 Å². The van der Waals surface area contributed by atoms with E-state index in [4.69, 9.17) is 11.6 Å². The topological polar surface area (TPSA) is 46.2 Å². The molecule has 0 spiro atoms. The molecule has 0 radical (unpaired) electrons. The van der Waals surface area contributed by atoms with Crippen LogP contribution in [-0.4, -0.2) is 8.42 Å². The summed E-state index contributed by atoms with van der Waals surface area (Å²) in [6, 6.07) is 7.52. The average molecular weight is 407 g/mol. The molecule has 3 nitrogen and oxygen atoms in total. The monoisotopic (exact) mass is 405 g/mol. The maximum absolute atomic E-state index is 13.2. The SMILES string of the molecule is Cc1cc(S(=O)(=O)NCc2ccc(F)c(Br)c2)c(C)cc1Cl. The van der Waals surface area contributed by atoms with Crippen LogP contribution in [-0.2, 0) is 16.6 Å². The molecule has 2 aromatic rings. The number of nitrogens with one attached hydrogen (secondary N) is 1. The lowest BCUT2D eigenvalue weighted by atomic mass is 10.2. The lowest BCUT2D eigenvalue weighted by Crippen LogP contribution is -2.24. The Kier molecular flexibility index (Phi) is 5.27. The molecule has 2 aromatic carbocycles. The van der Waals surface area contributed by atoms with E-state index in [1.54, 1.807) is 26.0 Å². The molecule has 0 saturated carbocycles. The number of halogens is 3. The van der Waals surface area contributed by atoms with Gasteiger partial charge >= 0.3 is 0 Å². The van der Waals surface area contributed by atoms with E-state index in [9.17, 15) is 12.8 Å². The van der Waals surface area contributed by atoms with E-state index in [2.05, 4.69) is 20.7 Å². The summed E-state index contributed by atoms with van der Waals surface area (Å²) >= 11 is 9.06. The minimum atomic E-state index is -3.67. The predicted molar refractivity (Wildman–Crippen MR) is 89.1 cm³/mol. The zero-order valence-corrected chi connectivity index (χ0v) is 15.1. The molecule has 1 N–H and O–H groups in total. The molecule has 0 amide bonds. The summed E-state index contributed by atoms with van der Waals surface area (Å²) in [5.74, 6) is -0.393. The highest BCUT2D eigenvalue weighted by atomic mass is 79.9. The Balaban J connectivity index is 2.24. The molecule has 0 aromatic heterocycles. The molecule has 0 saturated heterocycles. The van der Waals surface area contributed by atoms with Gasteiger partial charge in [-0.05, 0) is 70.7 Å². The number of hydrogen-bond acceptors (Lipinski definition) is 2. The molecule has 118 valence electrons. The first-order chi connectivity index (χ1) is 10.2. The van der Waals surface area contributed by atoms with Gasteiger partial charge in [0.05, 0.1) is 9.37 Å². The maximum atomic E-state index is 13.2. The van der Waals surface area contributed by atoms with Crippen LogP contribution in [0.25, 0.3) is 0 Å². The molecule has 0 unspecified atom stereocenters. The molecule has 2 rings (SSSR count). The van der Waals surface area contributed by atoms with Gasteiger partial charge in [-0.3, -0.25) is 0 Å². The Morgan fingerprint density at radius 3 is 2.50 bits per heavy atom. The lowest BCUT2D eigenvalue weighted by Gasteiger charge is -2.11. The second-order valence-corrected chi connectivity index (χ2v) is 7.94. The van der Waals surface area contributed by atoms with Crippen molar-refractivity contribution in [1.82, 2.24) is 4.72 Å². The summed E-state index contributed by atoms with van der Waals surface area (Å²) in [4.78, 5) is 0.190. The number of hydrogen-bond donors (Lipinski definition) is 1. The molecular formula is C15H14BrClFNO2S. The van der Waals surface area contributed by atoms with Crippen LogP contribution in [0.15, 0.2) is 39.7 Å². The molecule has 0 fully saturated rings. The molecular weight excluding hydrogens is 393 g/mol. The lowest BCUT2D eigenvalue weighted by molar-refractivity contribution is 0.580. The molecule has 22 heavy (non-hydrogen) atoms. The standard InChI is InChI=1S/C15H14BrClFNO2S/c1-9-6-15(10(2)5-13(9)17)22(20,21)19-8-11-3-4-14(18)12(16)7-11/h3-7,19H,8H2,1-2H3. The van der Waals surface area contributed by atoms with Crippen molar-refractivity contribution < 1.29 is 12.8 Å². The smallest absolute Gasteiger partial charge is 0.207 e. The van der Waals surface area contributed by atoms with Crippen LogP contribution in [0, 0.1) is 19.7 Å². The quantitative estimate of drug-likeness (QED) is 0.821. The maximum Gasteiger partial charge on any atom is 0.241 e. The van der Waals surface area contributed by atoms with Gasteiger partial charge in [0.1, 0.15) is 5.82 Å². The van der Waals surface area contributed by atoms with Crippen LogP contribution in [0.3, 0.4) is 0 Å². The molecule has 0 aliphatic heterocycles. The fourth-order valence-electron chi connectivity index (χ4n) is 1.95. The fraction of sp³-hybridized carbons (Fsp3) is 0.200. The minimum absolute atomic E-state index is 0.0718. The van der Waals surface area contributed by atoms with Crippen molar-refractivity contribution in [3.8, 4) is 0 Å². The van der Waals surface area contributed by atoms with E-state index in [0.29, 0.717) is 26.2 Å². The molecule has 0 aliphatic rings. The third-order valence-electron chi connectivity index (χ3n) is 3.20. The van der Waals surface area contributed by atoms with Crippen molar-refractivity contribution in [3.63, 3.8) is 0 Å². The molecule has 0 bridgehead atoms. The van der Waals surface area contributed by atoms with Gasteiger partial charge in [-0.2, -0.15) is 0 Å². The zero-order chi connectivity index (χ0) is 16.5. The van der Waals surface area contributed by atoms with Crippen LogP contribution < -0.4 is 4.72 Å². The van der Waals surface area contributed by atoms with Crippen LogP contribution >= 0.6 is 27.5 Å². The molecule has 0 aliphatic carbocycles. The van der Waals surface area contributed by atoms with E-state index >= 15 is 0 Å². The van der Waals surface area contributed by atoms with Crippen molar-refractivity contribution in [2.75, 3.05) is 0 Å². The Labute approximate surface area is 142 Å². The van der Waals surface area contributed by atoms with Crippen molar-refractivity contribution in [3.05, 3.63) is 62.3 Å². The van der Waals surface area contributed by atoms with Gasteiger partial charge < -0.3 is 0 Å². The summed E-state index contributed by atoms with van der Waals surface area (Å²) in [6.07, 6.45) is 0. The van der Waals surface area contributed by atoms with Gasteiger partial charge in [-0.25, -0.2) is 17.5 Å². The second kappa shape index (κ2) is 6.66. The molecule has 0 atom stereocenters. The zero-order valence-electron chi connectivity index (χ0n) is 12.0. The third kappa shape index (κ3) is 3.87. The van der Waals surface area contributed by atoms with E-state index in [-0.39, 0.29) is 11.4 Å². The number of aryl methyl sites for hydroxylation is 2. The highest BCUT2D eigenvalue weighted by Crippen LogP contribution is 2.24. The minimum Gasteiger partial charge on any atom is -0.207 e. The summed E-state index contributed by atoms with van der Waals surface area (Å²) in [6.45, 7) is 3.51. The van der Waals surface area contributed by atoms with Gasteiger partial charge in [0.2, 0.25) is 10.0 Å². The van der Waals surface area contributed by atoms with Crippen LogP contribution in [0.1, 0.15) is 16.7 Å². The van der Waals surface area contributed by atoms with E-state index in [0.717, 1.165) is 0 Å². The van der Waals surface area contributed by atoms with Crippen LogP contribution in [0.5, 0.6) is 0 Å². The van der Waals surface area contributed by atoms with Crippen molar-refractivity contribution in [2.45, 2.75) is 25.3 Å². The predicted octanol–water partition coefficient (Wildman–Crippen LogP) is 4.34. The fourth-order valence-corrected chi connectivity index (χ4v) is 3.92. The number of benzene rings is 2. The Morgan fingerprint density at radius 2 is 1.86 bits per heavy atom. The normalized spacial score (nSPS) is 11.7. The highest BCUT2D eigenvalue weighted by Gasteiger charge is 2.18. The first-order valence-corrected chi connectivity index (χ1v) is 9.06. The average Bonchev–Trinajstić information content (AvgIpc) is 2.44. The molecule has 7 heteroatoms. The van der Waals surface area contributed by atoms with Gasteiger partial charge in [0.25, 0.3) is 0 Å². The first-order valence-electron chi connectivity index (χ1n) is 6.41.